The quantitative estimate of drug-likeness (QED) is 0.841. The third-order valence-electron chi connectivity index (χ3n) is 4.46. The fraction of sp³-hybridized carbons (Fsp3) is 0.562. The maximum Gasteiger partial charge on any atom is 0.338 e. The lowest BCUT2D eigenvalue weighted by Gasteiger charge is -2.24. The first-order chi connectivity index (χ1) is 9.26. The molecule has 0 spiro atoms. The Morgan fingerprint density at radius 1 is 1.37 bits per heavy atom. The Bertz CT molecular complexity index is 472. The van der Waals surface area contributed by atoms with Crippen LogP contribution < -0.4 is 5.32 Å². The Balaban J connectivity index is 1.68. The van der Waals surface area contributed by atoms with Gasteiger partial charge in [0.1, 0.15) is 0 Å². The van der Waals surface area contributed by atoms with Gasteiger partial charge in [0.05, 0.1) is 12.2 Å². The van der Waals surface area contributed by atoms with E-state index in [0.29, 0.717) is 18.2 Å². The highest BCUT2D eigenvalue weighted by Crippen LogP contribution is 2.45. The van der Waals surface area contributed by atoms with Crippen LogP contribution in [-0.2, 0) is 4.74 Å². The number of benzene rings is 1. The van der Waals surface area contributed by atoms with Gasteiger partial charge >= 0.3 is 5.97 Å². The lowest BCUT2D eigenvalue weighted by molar-refractivity contribution is 0.0526. The first-order valence-corrected chi connectivity index (χ1v) is 7.30. The monoisotopic (exact) mass is 259 g/mol. The van der Waals surface area contributed by atoms with Crippen LogP contribution in [-0.4, -0.2) is 18.6 Å². The van der Waals surface area contributed by atoms with Crippen molar-refractivity contribution in [2.75, 3.05) is 11.9 Å². The molecule has 0 saturated heterocycles. The van der Waals surface area contributed by atoms with Crippen LogP contribution in [0.1, 0.15) is 43.0 Å². The zero-order chi connectivity index (χ0) is 13.2. The summed E-state index contributed by atoms with van der Waals surface area (Å²) in [5, 5.41) is 3.60. The molecule has 0 heterocycles. The first-order valence-electron chi connectivity index (χ1n) is 7.30. The lowest BCUT2D eigenvalue weighted by atomic mass is 9.95. The summed E-state index contributed by atoms with van der Waals surface area (Å²) in [6.07, 6.45) is 5.44. The van der Waals surface area contributed by atoms with Crippen LogP contribution in [0.4, 0.5) is 5.69 Å². The number of rotatable bonds is 4. The maximum atomic E-state index is 11.7. The van der Waals surface area contributed by atoms with Crippen molar-refractivity contribution in [2.24, 2.45) is 11.8 Å². The number of carbonyl (C=O) groups excluding carboxylic acids is 1. The second kappa shape index (κ2) is 5.24. The minimum atomic E-state index is -0.237. The van der Waals surface area contributed by atoms with Gasteiger partial charge < -0.3 is 10.1 Å². The van der Waals surface area contributed by atoms with E-state index < -0.39 is 0 Å². The number of esters is 1. The van der Waals surface area contributed by atoms with Gasteiger partial charge in [0.25, 0.3) is 0 Å². The van der Waals surface area contributed by atoms with E-state index in [1.807, 2.05) is 31.2 Å². The Labute approximate surface area is 114 Å². The van der Waals surface area contributed by atoms with Crippen molar-refractivity contribution >= 4 is 11.7 Å². The molecule has 0 aliphatic heterocycles. The highest BCUT2D eigenvalue weighted by Gasteiger charge is 2.39. The summed E-state index contributed by atoms with van der Waals surface area (Å²) < 4.78 is 5.04. The van der Waals surface area contributed by atoms with Crippen molar-refractivity contribution in [3.05, 3.63) is 29.8 Å². The number of carbonyl (C=O) groups is 1. The average Bonchev–Trinajstić information content (AvgIpc) is 3.02. The molecule has 2 aliphatic carbocycles. The van der Waals surface area contributed by atoms with Gasteiger partial charge in [-0.05, 0) is 56.2 Å². The lowest BCUT2D eigenvalue weighted by Crippen LogP contribution is -2.25. The fourth-order valence-corrected chi connectivity index (χ4v) is 3.59. The fourth-order valence-electron chi connectivity index (χ4n) is 3.59. The normalized spacial score (nSPS) is 28.4. The predicted molar refractivity (Wildman–Crippen MR) is 75.3 cm³/mol. The highest BCUT2D eigenvalue weighted by atomic mass is 16.5. The summed E-state index contributed by atoms with van der Waals surface area (Å²) in [6.45, 7) is 2.25. The van der Waals surface area contributed by atoms with Crippen molar-refractivity contribution < 1.29 is 9.53 Å². The molecule has 2 saturated carbocycles. The van der Waals surface area contributed by atoms with E-state index in [9.17, 15) is 4.79 Å². The molecule has 3 heteroatoms. The summed E-state index contributed by atoms with van der Waals surface area (Å²) in [4.78, 5) is 11.7. The number of anilines is 1. The Morgan fingerprint density at radius 2 is 2.26 bits per heavy atom. The second-order valence-electron chi connectivity index (χ2n) is 5.73. The molecular formula is C16H21NO2. The Morgan fingerprint density at radius 3 is 2.95 bits per heavy atom. The number of ether oxygens (including phenoxy) is 1. The van der Waals surface area contributed by atoms with E-state index in [1.165, 1.54) is 25.7 Å². The molecule has 0 radical (unpaired) electrons. The summed E-state index contributed by atoms with van der Waals surface area (Å²) in [6, 6.07) is 8.26. The van der Waals surface area contributed by atoms with E-state index in [4.69, 9.17) is 4.74 Å². The van der Waals surface area contributed by atoms with Crippen LogP contribution in [0.2, 0.25) is 0 Å². The predicted octanol–water partition coefficient (Wildman–Crippen LogP) is 3.46. The molecule has 3 rings (SSSR count). The van der Waals surface area contributed by atoms with Crippen molar-refractivity contribution in [3.8, 4) is 0 Å². The zero-order valence-electron chi connectivity index (χ0n) is 11.4. The molecule has 1 aromatic rings. The molecule has 1 N–H and O–H groups in total. The van der Waals surface area contributed by atoms with Gasteiger partial charge in [-0.1, -0.05) is 12.5 Å². The smallest absolute Gasteiger partial charge is 0.338 e. The van der Waals surface area contributed by atoms with Gasteiger partial charge in [0.2, 0.25) is 0 Å². The Kier molecular flexibility index (Phi) is 3.45. The molecule has 1 aromatic carbocycles. The average molecular weight is 259 g/mol. The molecule has 3 nitrogen and oxygen atoms in total. The molecule has 0 aromatic heterocycles. The van der Waals surface area contributed by atoms with E-state index in [1.54, 1.807) is 0 Å². The molecule has 2 fully saturated rings. The van der Waals surface area contributed by atoms with E-state index in [0.717, 1.165) is 17.5 Å². The molecule has 2 aliphatic rings. The van der Waals surface area contributed by atoms with Gasteiger partial charge in [-0.15, -0.1) is 0 Å². The third kappa shape index (κ3) is 2.60. The van der Waals surface area contributed by atoms with Crippen molar-refractivity contribution in [2.45, 2.75) is 38.6 Å². The van der Waals surface area contributed by atoms with Crippen LogP contribution in [0.25, 0.3) is 0 Å². The van der Waals surface area contributed by atoms with Crippen LogP contribution in [0.3, 0.4) is 0 Å². The summed E-state index contributed by atoms with van der Waals surface area (Å²) in [5.41, 5.74) is 1.68. The largest absolute Gasteiger partial charge is 0.462 e. The van der Waals surface area contributed by atoms with Gasteiger partial charge in [-0.2, -0.15) is 0 Å². The van der Waals surface area contributed by atoms with Crippen LogP contribution in [0.5, 0.6) is 0 Å². The number of hydrogen-bond acceptors (Lipinski definition) is 3. The zero-order valence-corrected chi connectivity index (χ0v) is 11.4. The topological polar surface area (TPSA) is 38.3 Å². The van der Waals surface area contributed by atoms with Crippen LogP contribution >= 0.6 is 0 Å². The highest BCUT2D eigenvalue weighted by molar-refractivity contribution is 5.90. The first kappa shape index (κ1) is 12.5. The maximum absolute atomic E-state index is 11.7. The SMILES string of the molecule is CCOC(=O)c1cccc(NC2CC3CCC2C3)c1. The Hall–Kier alpha value is -1.51. The summed E-state index contributed by atoms with van der Waals surface area (Å²) >= 11 is 0. The summed E-state index contributed by atoms with van der Waals surface area (Å²) in [7, 11) is 0. The summed E-state index contributed by atoms with van der Waals surface area (Å²) in [5.74, 6) is 1.52. The minimum Gasteiger partial charge on any atom is -0.462 e. The van der Waals surface area contributed by atoms with Gasteiger partial charge in [0, 0.05) is 11.7 Å². The third-order valence-corrected chi connectivity index (χ3v) is 4.46. The van der Waals surface area contributed by atoms with E-state index in [-0.39, 0.29) is 5.97 Å². The molecular weight excluding hydrogens is 238 g/mol. The van der Waals surface area contributed by atoms with Crippen molar-refractivity contribution in [1.82, 2.24) is 0 Å². The van der Waals surface area contributed by atoms with Crippen molar-refractivity contribution in [1.29, 1.82) is 0 Å². The molecule has 3 atom stereocenters. The van der Waals surface area contributed by atoms with Crippen LogP contribution in [0, 0.1) is 11.8 Å². The van der Waals surface area contributed by atoms with E-state index in [2.05, 4.69) is 5.32 Å². The van der Waals surface area contributed by atoms with Crippen molar-refractivity contribution in [3.63, 3.8) is 0 Å². The molecule has 2 bridgehead atoms. The van der Waals surface area contributed by atoms with Gasteiger partial charge in [-0.25, -0.2) is 4.79 Å². The number of nitrogens with one attached hydrogen (secondary N) is 1. The standard InChI is InChI=1S/C16H21NO2/c1-2-19-16(18)13-4-3-5-14(10-13)17-15-9-11-6-7-12(15)8-11/h3-5,10-12,15,17H,2,6-9H2,1H3. The molecule has 3 unspecified atom stereocenters. The molecule has 102 valence electrons. The van der Waals surface area contributed by atoms with E-state index >= 15 is 0 Å². The number of fused-ring (bicyclic) bond motifs is 2. The number of hydrogen-bond donors (Lipinski definition) is 1. The van der Waals surface area contributed by atoms with Crippen LogP contribution in [0.15, 0.2) is 24.3 Å². The minimum absolute atomic E-state index is 0.237. The molecule has 19 heavy (non-hydrogen) atoms. The van der Waals surface area contributed by atoms with Gasteiger partial charge in [-0.3, -0.25) is 0 Å². The second-order valence-corrected chi connectivity index (χ2v) is 5.73. The molecule has 0 amide bonds. The van der Waals surface area contributed by atoms with Gasteiger partial charge in [0.15, 0.2) is 0 Å².